The summed E-state index contributed by atoms with van der Waals surface area (Å²) in [4.78, 5) is 11.5. The van der Waals surface area contributed by atoms with Crippen molar-refractivity contribution < 1.29 is 23.0 Å². The lowest BCUT2D eigenvalue weighted by Crippen LogP contribution is -2.27. The number of halogens is 2. The Bertz CT molecular complexity index is 410. The molecule has 0 spiro atoms. The highest BCUT2D eigenvalue weighted by atomic mass is 19.3. The zero-order valence-corrected chi connectivity index (χ0v) is 10.0. The minimum Gasteiger partial charge on any atom is -0.442 e. The van der Waals surface area contributed by atoms with E-state index in [1.807, 2.05) is 0 Å². The molecule has 5 nitrogen and oxygen atoms in total. The van der Waals surface area contributed by atoms with Gasteiger partial charge in [0.15, 0.2) is 0 Å². The van der Waals surface area contributed by atoms with E-state index in [0.717, 1.165) is 4.68 Å². The SMILES string of the molecule is Cc1cn(C(=O)OC(C)(C)C)nc1OC(F)F. The molecule has 0 atom stereocenters. The molecule has 0 bridgehead atoms. The smallest absolute Gasteiger partial charge is 0.435 e. The van der Waals surface area contributed by atoms with Crippen LogP contribution in [-0.2, 0) is 4.74 Å². The fourth-order valence-electron chi connectivity index (χ4n) is 1.05. The summed E-state index contributed by atoms with van der Waals surface area (Å²) in [5.41, 5.74) is -0.350. The number of aryl methyl sites for hydroxylation is 1. The van der Waals surface area contributed by atoms with Gasteiger partial charge in [-0.2, -0.15) is 13.5 Å². The summed E-state index contributed by atoms with van der Waals surface area (Å²) >= 11 is 0. The molecule has 0 aliphatic rings. The molecule has 1 heterocycles. The van der Waals surface area contributed by atoms with E-state index in [9.17, 15) is 13.6 Å². The standard InChI is InChI=1S/C10H14F2N2O3/c1-6-5-14(9(15)17-10(2,3)4)13-7(6)16-8(11)12/h5,8H,1-4H3. The summed E-state index contributed by atoms with van der Waals surface area (Å²) < 4.78 is 34.0. The quantitative estimate of drug-likeness (QED) is 0.807. The van der Waals surface area contributed by atoms with Crippen LogP contribution < -0.4 is 4.74 Å². The van der Waals surface area contributed by atoms with Crippen molar-refractivity contribution in [1.29, 1.82) is 0 Å². The van der Waals surface area contributed by atoms with Gasteiger partial charge in [0.2, 0.25) is 5.88 Å². The van der Waals surface area contributed by atoms with E-state index in [-0.39, 0.29) is 5.88 Å². The van der Waals surface area contributed by atoms with Crippen molar-refractivity contribution in [3.8, 4) is 5.88 Å². The van der Waals surface area contributed by atoms with Crippen LogP contribution in [0, 0.1) is 6.92 Å². The number of aromatic nitrogens is 2. The zero-order chi connectivity index (χ0) is 13.2. The first-order valence-corrected chi connectivity index (χ1v) is 4.93. The third-order valence-corrected chi connectivity index (χ3v) is 1.63. The minimum atomic E-state index is -2.98. The lowest BCUT2D eigenvalue weighted by atomic mass is 10.2. The molecule has 1 aromatic rings. The Hall–Kier alpha value is -1.66. The van der Waals surface area contributed by atoms with E-state index in [4.69, 9.17) is 4.74 Å². The van der Waals surface area contributed by atoms with Crippen LogP contribution in [0.2, 0.25) is 0 Å². The van der Waals surface area contributed by atoms with Gasteiger partial charge in [0.1, 0.15) is 5.60 Å². The molecule has 0 saturated heterocycles. The second kappa shape index (κ2) is 4.68. The normalized spacial score (nSPS) is 11.7. The average Bonchev–Trinajstić information content (AvgIpc) is 2.44. The first-order valence-electron chi connectivity index (χ1n) is 4.93. The van der Waals surface area contributed by atoms with Crippen LogP contribution in [0.1, 0.15) is 26.3 Å². The summed E-state index contributed by atoms with van der Waals surface area (Å²) in [7, 11) is 0. The molecular formula is C10H14F2N2O3. The maximum Gasteiger partial charge on any atom is 0.435 e. The Morgan fingerprint density at radius 2 is 2.06 bits per heavy atom. The lowest BCUT2D eigenvalue weighted by molar-refractivity contribution is -0.0537. The van der Waals surface area contributed by atoms with Crippen molar-refractivity contribution in [2.45, 2.75) is 39.9 Å². The van der Waals surface area contributed by atoms with Gasteiger partial charge < -0.3 is 9.47 Å². The predicted octanol–water partition coefficient (Wildman–Crippen LogP) is 2.58. The van der Waals surface area contributed by atoms with Crippen LogP contribution in [0.5, 0.6) is 5.88 Å². The van der Waals surface area contributed by atoms with E-state index in [1.165, 1.54) is 13.1 Å². The van der Waals surface area contributed by atoms with Crippen molar-refractivity contribution in [2.24, 2.45) is 0 Å². The molecule has 0 radical (unpaired) electrons. The van der Waals surface area contributed by atoms with Gasteiger partial charge in [-0.25, -0.2) is 4.79 Å². The fraction of sp³-hybridized carbons (Fsp3) is 0.600. The molecule has 0 N–H and O–H groups in total. The lowest BCUT2D eigenvalue weighted by Gasteiger charge is -2.18. The molecule has 0 aliphatic heterocycles. The molecular weight excluding hydrogens is 234 g/mol. The van der Waals surface area contributed by atoms with Crippen molar-refractivity contribution in [3.05, 3.63) is 11.8 Å². The predicted molar refractivity (Wildman–Crippen MR) is 55.2 cm³/mol. The summed E-state index contributed by atoms with van der Waals surface area (Å²) in [5.74, 6) is -0.286. The number of alkyl halides is 2. The highest BCUT2D eigenvalue weighted by Gasteiger charge is 2.20. The van der Waals surface area contributed by atoms with Gasteiger partial charge in [-0.15, -0.1) is 5.10 Å². The molecule has 0 amide bonds. The summed E-state index contributed by atoms with van der Waals surface area (Å²) in [6.07, 6.45) is 0.524. The average molecular weight is 248 g/mol. The van der Waals surface area contributed by atoms with E-state index in [1.54, 1.807) is 20.8 Å². The van der Waals surface area contributed by atoms with Gasteiger partial charge in [-0.1, -0.05) is 0 Å². The highest BCUT2D eigenvalue weighted by Crippen LogP contribution is 2.18. The van der Waals surface area contributed by atoms with Gasteiger partial charge in [-0.05, 0) is 27.7 Å². The fourth-order valence-corrected chi connectivity index (χ4v) is 1.05. The molecule has 7 heteroatoms. The number of hydrogen-bond acceptors (Lipinski definition) is 4. The van der Waals surface area contributed by atoms with Gasteiger partial charge in [0.05, 0.1) is 0 Å². The van der Waals surface area contributed by atoms with Gasteiger partial charge in [-0.3, -0.25) is 0 Å². The van der Waals surface area contributed by atoms with Gasteiger partial charge in [0.25, 0.3) is 0 Å². The summed E-state index contributed by atoms with van der Waals surface area (Å²) in [6, 6.07) is 0. The molecule has 0 aliphatic carbocycles. The molecule has 1 rings (SSSR count). The number of hydrogen-bond donors (Lipinski definition) is 0. The van der Waals surface area contributed by atoms with Crippen LogP contribution in [0.4, 0.5) is 13.6 Å². The first-order chi connectivity index (χ1) is 7.69. The van der Waals surface area contributed by atoms with Crippen LogP contribution in [0.25, 0.3) is 0 Å². The third kappa shape index (κ3) is 4.01. The van der Waals surface area contributed by atoms with E-state index < -0.39 is 18.3 Å². The molecule has 17 heavy (non-hydrogen) atoms. The van der Waals surface area contributed by atoms with Crippen molar-refractivity contribution >= 4 is 6.09 Å². The number of carbonyl (C=O) groups is 1. The van der Waals surface area contributed by atoms with E-state index >= 15 is 0 Å². The van der Waals surface area contributed by atoms with Crippen LogP contribution >= 0.6 is 0 Å². The molecule has 96 valence electrons. The largest absolute Gasteiger partial charge is 0.442 e. The van der Waals surface area contributed by atoms with Gasteiger partial charge >= 0.3 is 12.7 Å². The maximum atomic E-state index is 12.0. The van der Waals surface area contributed by atoms with Crippen molar-refractivity contribution in [2.75, 3.05) is 0 Å². The highest BCUT2D eigenvalue weighted by molar-refractivity contribution is 5.70. The second-order valence-electron chi connectivity index (χ2n) is 4.42. The number of ether oxygens (including phenoxy) is 2. The van der Waals surface area contributed by atoms with E-state index in [2.05, 4.69) is 9.84 Å². The Kier molecular flexibility index (Phi) is 3.69. The minimum absolute atomic E-state index is 0.286. The summed E-state index contributed by atoms with van der Waals surface area (Å²) in [5, 5.41) is 3.57. The maximum absolute atomic E-state index is 12.0. The van der Waals surface area contributed by atoms with Crippen LogP contribution in [0.15, 0.2) is 6.20 Å². The monoisotopic (exact) mass is 248 g/mol. The number of rotatable bonds is 2. The zero-order valence-electron chi connectivity index (χ0n) is 10.0. The first kappa shape index (κ1) is 13.4. The van der Waals surface area contributed by atoms with Crippen molar-refractivity contribution in [3.63, 3.8) is 0 Å². The molecule has 1 aromatic heterocycles. The van der Waals surface area contributed by atoms with Crippen LogP contribution in [0.3, 0.4) is 0 Å². The van der Waals surface area contributed by atoms with Crippen LogP contribution in [-0.4, -0.2) is 28.1 Å². The number of carbonyl (C=O) groups excluding carboxylic acids is 1. The Balaban J connectivity index is 2.82. The topological polar surface area (TPSA) is 53.4 Å². The third-order valence-electron chi connectivity index (χ3n) is 1.63. The molecule has 0 saturated carbocycles. The molecule has 0 aromatic carbocycles. The molecule has 0 fully saturated rings. The second-order valence-corrected chi connectivity index (χ2v) is 4.42. The summed E-state index contributed by atoms with van der Waals surface area (Å²) in [6.45, 7) is 3.61. The van der Waals surface area contributed by atoms with Gasteiger partial charge in [0, 0.05) is 11.8 Å². The number of nitrogens with zero attached hydrogens (tertiary/aromatic N) is 2. The molecule has 0 unspecified atom stereocenters. The Morgan fingerprint density at radius 3 is 2.53 bits per heavy atom. The van der Waals surface area contributed by atoms with E-state index in [0.29, 0.717) is 5.56 Å². The Labute approximate surface area is 97.3 Å². The Morgan fingerprint density at radius 1 is 1.47 bits per heavy atom. The van der Waals surface area contributed by atoms with Crippen molar-refractivity contribution in [1.82, 2.24) is 9.78 Å².